The number of likely N-dealkylation sites (N-methyl/N-ethyl adjacent to an activating group) is 1. The highest BCUT2D eigenvalue weighted by molar-refractivity contribution is 5.88. The Morgan fingerprint density at radius 1 is 0.806 bits per heavy atom. The highest BCUT2D eigenvalue weighted by Gasteiger charge is 2.10. The van der Waals surface area contributed by atoms with Crippen LogP contribution in [0, 0.1) is 0 Å². The van der Waals surface area contributed by atoms with Gasteiger partial charge >= 0.3 is 0 Å². The molecule has 4 heteroatoms. The molecule has 4 nitrogen and oxygen atoms in total. The molecule has 0 bridgehead atoms. The van der Waals surface area contributed by atoms with Crippen LogP contribution in [-0.4, -0.2) is 49.5 Å². The number of fused-ring (bicyclic) bond motifs is 1. The zero-order valence-electron chi connectivity index (χ0n) is 18.8. The third-order valence-electron chi connectivity index (χ3n) is 5.68. The predicted molar refractivity (Wildman–Crippen MR) is 128 cm³/mol. The van der Waals surface area contributed by atoms with Crippen molar-refractivity contribution in [3.05, 3.63) is 71.8 Å². The molecule has 0 saturated carbocycles. The molecular weight excluding hydrogens is 386 g/mol. The van der Waals surface area contributed by atoms with Gasteiger partial charge in [-0.3, -0.25) is 0 Å². The fourth-order valence-corrected chi connectivity index (χ4v) is 3.77. The summed E-state index contributed by atoms with van der Waals surface area (Å²) in [5.41, 5.74) is 2.44. The lowest BCUT2D eigenvalue weighted by Gasteiger charge is -2.18. The molecule has 0 unspecified atom stereocenters. The molecule has 0 aliphatic carbocycles. The molecule has 3 aromatic rings. The molecule has 0 heterocycles. The van der Waals surface area contributed by atoms with Gasteiger partial charge in [0, 0.05) is 25.1 Å². The minimum atomic E-state index is 0.206. The third-order valence-corrected chi connectivity index (χ3v) is 5.68. The molecule has 0 aromatic heterocycles. The van der Waals surface area contributed by atoms with E-state index in [-0.39, 0.29) is 6.61 Å². The molecule has 31 heavy (non-hydrogen) atoms. The SMILES string of the molecule is CCN(CC)CCOc1ccc(Cc2c(OCCCCO)ccc3ccccc23)cc1. The summed E-state index contributed by atoms with van der Waals surface area (Å²) in [5.74, 6) is 1.84. The largest absolute Gasteiger partial charge is 0.493 e. The number of benzene rings is 3. The van der Waals surface area contributed by atoms with Crippen molar-refractivity contribution in [3.63, 3.8) is 0 Å². The van der Waals surface area contributed by atoms with Crippen molar-refractivity contribution < 1.29 is 14.6 Å². The number of hydrogen-bond acceptors (Lipinski definition) is 4. The summed E-state index contributed by atoms with van der Waals surface area (Å²) < 4.78 is 12.0. The van der Waals surface area contributed by atoms with Crippen molar-refractivity contribution in [2.45, 2.75) is 33.1 Å². The smallest absolute Gasteiger partial charge is 0.123 e. The second-order valence-corrected chi connectivity index (χ2v) is 7.74. The van der Waals surface area contributed by atoms with Gasteiger partial charge < -0.3 is 19.5 Å². The van der Waals surface area contributed by atoms with Crippen LogP contribution in [0.25, 0.3) is 10.8 Å². The Morgan fingerprint density at radius 2 is 1.58 bits per heavy atom. The summed E-state index contributed by atoms with van der Waals surface area (Å²) >= 11 is 0. The van der Waals surface area contributed by atoms with Crippen LogP contribution in [0.2, 0.25) is 0 Å². The Bertz CT molecular complexity index is 919. The van der Waals surface area contributed by atoms with E-state index >= 15 is 0 Å². The average Bonchev–Trinajstić information content (AvgIpc) is 2.81. The first-order chi connectivity index (χ1) is 15.2. The Kier molecular flexibility index (Phi) is 9.19. The van der Waals surface area contributed by atoms with Crippen LogP contribution in [0.3, 0.4) is 0 Å². The van der Waals surface area contributed by atoms with Crippen molar-refractivity contribution in [1.29, 1.82) is 0 Å². The van der Waals surface area contributed by atoms with E-state index in [0.29, 0.717) is 13.2 Å². The van der Waals surface area contributed by atoms with E-state index < -0.39 is 0 Å². The molecule has 0 spiro atoms. The lowest BCUT2D eigenvalue weighted by Crippen LogP contribution is -2.27. The second-order valence-electron chi connectivity index (χ2n) is 7.74. The maximum Gasteiger partial charge on any atom is 0.123 e. The number of aliphatic hydroxyl groups is 1. The van der Waals surface area contributed by atoms with Gasteiger partial charge in [0.25, 0.3) is 0 Å². The predicted octanol–water partition coefficient (Wildman–Crippen LogP) is 5.30. The zero-order chi connectivity index (χ0) is 21.9. The van der Waals surface area contributed by atoms with Gasteiger partial charge in [0.2, 0.25) is 0 Å². The van der Waals surface area contributed by atoms with E-state index in [2.05, 4.69) is 79.4 Å². The minimum absolute atomic E-state index is 0.206. The number of ether oxygens (including phenoxy) is 2. The molecule has 0 amide bonds. The second kappa shape index (κ2) is 12.3. The summed E-state index contributed by atoms with van der Waals surface area (Å²) in [5, 5.41) is 11.5. The molecule has 3 aromatic carbocycles. The number of aliphatic hydroxyl groups excluding tert-OH is 1. The molecule has 0 fully saturated rings. The van der Waals surface area contributed by atoms with E-state index in [1.54, 1.807) is 0 Å². The Hall–Kier alpha value is -2.56. The Labute approximate surface area is 186 Å². The van der Waals surface area contributed by atoms with Crippen LogP contribution in [0.4, 0.5) is 0 Å². The van der Waals surface area contributed by atoms with Gasteiger partial charge in [-0.15, -0.1) is 0 Å². The first-order valence-corrected chi connectivity index (χ1v) is 11.4. The highest BCUT2D eigenvalue weighted by atomic mass is 16.5. The van der Waals surface area contributed by atoms with E-state index in [0.717, 1.165) is 50.4 Å². The van der Waals surface area contributed by atoms with E-state index in [1.165, 1.54) is 21.9 Å². The molecule has 166 valence electrons. The van der Waals surface area contributed by atoms with Crippen LogP contribution in [0.1, 0.15) is 37.8 Å². The van der Waals surface area contributed by atoms with Gasteiger partial charge in [0.05, 0.1) is 6.61 Å². The molecule has 0 radical (unpaired) electrons. The fourth-order valence-electron chi connectivity index (χ4n) is 3.77. The molecule has 0 aliphatic rings. The molecule has 0 aliphatic heterocycles. The lowest BCUT2D eigenvalue weighted by molar-refractivity contribution is 0.223. The molecule has 3 rings (SSSR count). The van der Waals surface area contributed by atoms with Crippen LogP contribution in [0.5, 0.6) is 11.5 Å². The van der Waals surface area contributed by atoms with Crippen molar-refractivity contribution in [2.24, 2.45) is 0 Å². The first kappa shape index (κ1) is 23.1. The van der Waals surface area contributed by atoms with E-state index in [4.69, 9.17) is 14.6 Å². The van der Waals surface area contributed by atoms with Gasteiger partial charge in [-0.05, 0) is 60.5 Å². The maximum atomic E-state index is 9.01. The minimum Gasteiger partial charge on any atom is -0.493 e. The Morgan fingerprint density at radius 3 is 2.32 bits per heavy atom. The summed E-state index contributed by atoms with van der Waals surface area (Å²) in [6.07, 6.45) is 2.41. The molecule has 0 atom stereocenters. The number of nitrogens with zero attached hydrogens (tertiary/aromatic N) is 1. The molecule has 0 saturated heterocycles. The highest BCUT2D eigenvalue weighted by Crippen LogP contribution is 2.31. The van der Waals surface area contributed by atoms with Crippen LogP contribution >= 0.6 is 0 Å². The van der Waals surface area contributed by atoms with Crippen LogP contribution in [0.15, 0.2) is 60.7 Å². The van der Waals surface area contributed by atoms with E-state index in [9.17, 15) is 0 Å². The summed E-state index contributed by atoms with van der Waals surface area (Å²) in [4.78, 5) is 2.36. The monoisotopic (exact) mass is 421 g/mol. The van der Waals surface area contributed by atoms with Crippen molar-refractivity contribution in [1.82, 2.24) is 4.90 Å². The van der Waals surface area contributed by atoms with Crippen molar-refractivity contribution in [2.75, 3.05) is 39.5 Å². The summed E-state index contributed by atoms with van der Waals surface area (Å²) in [7, 11) is 0. The van der Waals surface area contributed by atoms with Crippen molar-refractivity contribution in [3.8, 4) is 11.5 Å². The summed E-state index contributed by atoms with van der Waals surface area (Å²) in [6, 6.07) is 21.0. The average molecular weight is 422 g/mol. The van der Waals surface area contributed by atoms with Gasteiger partial charge in [-0.25, -0.2) is 0 Å². The number of rotatable bonds is 13. The normalized spacial score (nSPS) is 11.2. The van der Waals surface area contributed by atoms with Crippen LogP contribution in [-0.2, 0) is 6.42 Å². The first-order valence-electron chi connectivity index (χ1n) is 11.4. The van der Waals surface area contributed by atoms with Crippen LogP contribution < -0.4 is 9.47 Å². The van der Waals surface area contributed by atoms with Gasteiger partial charge in [-0.2, -0.15) is 0 Å². The lowest BCUT2D eigenvalue weighted by atomic mass is 9.97. The standard InChI is InChI=1S/C27H35NO3/c1-3-28(4-2)17-20-30-24-14-11-22(12-15-24)21-26-25-10-6-5-9-23(25)13-16-27(26)31-19-8-7-18-29/h5-6,9-16,29H,3-4,7-8,17-21H2,1-2H3. The number of unbranched alkanes of at least 4 members (excludes halogenated alkanes) is 1. The fraction of sp³-hybridized carbons (Fsp3) is 0.407. The van der Waals surface area contributed by atoms with Gasteiger partial charge in [-0.1, -0.05) is 56.3 Å². The molecule has 1 N–H and O–H groups in total. The molecular formula is C27H35NO3. The maximum absolute atomic E-state index is 9.01. The van der Waals surface area contributed by atoms with Crippen molar-refractivity contribution >= 4 is 10.8 Å². The topological polar surface area (TPSA) is 41.9 Å². The quantitative estimate of drug-likeness (QED) is 0.380. The van der Waals surface area contributed by atoms with Gasteiger partial charge in [0.15, 0.2) is 0 Å². The Balaban J connectivity index is 1.71. The number of hydrogen-bond donors (Lipinski definition) is 1. The zero-order valence-corrected chi connectivity index (χ0v) is 18.8. The third kappa shape index (κ3) is 6.71. The summed E-state index contributed by atoms with van der Waals surface area (Å²) in [6.45, 7) is 8.93. The van der Waals surface area contributed by atoms with E-state index in [1.807, 2.05) is 0 Å². The van der Waals surface area contributed by atoms with Gasteiger partial charge in [0.1, 0.15) is 18.1 Å².